The molecule has 1 N–H and O–H groups in total. The van der Waals surface area contributed by atoms with Gasteiger partial charge in [0.15, 0.2) is 0 Å². The van der Waals surface area contributed by atoms with Gasteiger partial charge in [0.25, 0.3) is 0 Å². The number of aromatic carboxylic acids is 1. The van der Waals surface area contributed by atoms with Crippen molar-refractivity contribution in [1.29, 1.82) is 0 Å². The number of carboxylic acids is 1. The van der Waals surface area contributed by atoms with Gasteiger partial charge in [-0.1, -0.05) is 6.07 Å². The molecule has 0 bridgehead atoms. The molecule has 1 aromatic carbocycles. The molecule has 0 aliphatic carbocycles. The molecule has 0 unspecified atom stereocenters. The highest BCUT2D eigenvalue weighted by Crippen LogP contribution is 2.21. The Morgan fingerprint density at radius 1 is 1.26 bits per heavy atom. The van der Waals surface area contributed by atoms with Gasteiger partial charge in [-0.15, -0.1) is 0 Å². The maximum absolute atomic E-state index is 11.0. The molecule has 1 aromatic heterocycles. The minimum Gasteiger partial charge on any atom is -0.493 e. The lowest BCUT2D eigenvalue weighted by Gasteiger charge is -2.10. The van der Waals surface area contributed by atoms with Crippen molar-refractivity contribution in [3.05, 3.63) is 59.4 Å². The summed E-state index contributed by atoms with van der Waals surface area (Å²) >= 11 is 0. The molecule has 2 rings (SSSR count). The Morgan fingerprint density at radius 3 is 2.68 bits per heavy atom. The van der Waals surface area contributed by atoms with E-state index in [0.717, 1.165) is 12.0 Å². The van der Waals surface area contributed by atoms with Crippen LogP contribution in [-0.4, -0.2) is 22.7 Å². The number of ether oxygens (including phenoxy) is 1. The van der Waals surface area contributed by atoms with E-state index in [4.69, 9.17) is 9.84 Å². The van der Waals surface area contributed by atoms with Gasteiger partial charge in [-0.3, -0.25) is 4.98 Å². The third kappa shape index (κ3) is 3.31. The summed E-state index contributed by atoms with van der Waals surface area (Å²) in [5, 5.41) is 9.03. The van der Waals surface area contributed by atoms with Crippen LogP contribution in [-0.2, 0) is 6.42 Å². The number of hydrogen-bond donors (Lipinski definition) is 1. The Kier molecular flexibility index (Phi) is 4.13. The van der Waals surface area contributed by atoms with E-state index in [1.165, 1.54) is 0 Å². The first-order chi connectivity index (χ1) is 9.18. The Labute approximate surface area is 111 Å². The summed E-state index contributed by atoms with van der Waals surface area (Å²) in [5.74, 6) is -0.314. The molecule has 0 atom stereocenters. The molecule has 0 amide bonds. The van der Waals surface area contributed by atoms with Gasteiger partial charge in [-0.25, -0.2) is 4.79 Å². The molecule has 0 saturated heterocycles. The SMILES string of the molecule is Cc1c(OCCc2ccncc2)cccc1C(=O)O. The monoisotopic (exact) mass is 257 g/mol. The zero-order chi connectivity index (χ0) is 13.7. The normalized spacial score (nSPS) is 10.2. The quantitative estimate of drug-likeness (QED) is 0.894. The van der Waals surface area contributed by atoms with E-state index in [1.54, 1.807) is 37.5 Å². The molecule has 1 heterocycles. The van der Waals surface area contributed by atoms with Crippen LogP contribution in [0.2, 0.25) is 0 Å². The number of aromatic nitrogens is 1. The van der Waals surface area contributed by atoms with Crippen molar-refractivity contribution >= 4 is 5.97 Å². The summed E-state index contributed by atoms with van der Waals surface area (Å²) in [7, 11) is 0. The summed E-state index contributed by atoms with van der Waals surface area (Å²) in [6, 6.07) is 8.92. The molecule has 4 nitrogen and oxygen atoms in total. The van der Waals surface area contributed by atoms with Gasteiger partial charge in [0.2, 0.25) is 0 Å². The molecule has 98 valence electrons. The lowest BCUT2D eigenvalue weighted by molar-refractivity contribution is 0.0695. The lowest BCUT2D eigenvalue weighted by atomic mass is 10.1. The minimum absolute atomic E-state index is 0.279. The van der Waals surface area contributed by atoms with E-state index in [0.29, 0.717) is 17.9 Å². The average molecular weight is 257 g/mol. The molecule has 0 radical (unpaired) electrons. The van der Waals surface area contributed by atoms with Gasteiger partial charge in [0.05, 0.1) is 12.2 Å². The maximum Gasteiger partial charge on any atom is 0.336 e. The van der Waals surface area contributed by atoms with Gasteiger partial charge in [-0.2, -0.15) is 0 Å². The average Bonchev–Trinajstić information content (AvgIpc) is 2.41. The Balaban J connectivity index is 2.00. The molecule has 0 spiro atoms. The second kappa shape index (κ2) is 6.00. The molecular formula is C15H15NO3. The second-order valence-corrected chi connectivity index (χ2v) is 4.19. The van der Waals surface area contributed by atoms with E-state index in [-0.39, 0.29) is 5.56 Å². The lowest BCUT2D eigenvalue weighted by Crippen LogP contribution is -2.05. The van der Waals surface area contributed by atoms with Gasteiger partial charge in [0.1, 0.15) is 5.75 Å². The summed E-state index contributed by atoms with van der Waals surface area (Å²) in [6.07, 6.45) is 4.25. The fourth-order valence-electron chi connectivity index (χ4n) is 1.83. The fraction of sp³-hybridized carbons (Fsp3) is 0.200. The van der Waals surface area contributed by atoms with Crippen LogP contribution in [0, 0.1) is 6.92 Å². The Bertz CT molecular complexity index is 567. The van der Waals surface area contributed by atoms with E-state index in [9.17, 15) is 4.79 Å². The van der Waals surface area contributed by atoms with Crippen LogP contribution in [0.15, 0.2) is 42.7 Å². The van der Waals surface area contributed by atoms with Crippen molar-refractivity contribution in [3.63, 3.8) is 0 Å². The second-order valence-electron chi connectivity index (χ2n) is 4.19. The highest BCUT2D eigenvalue weighted by Gasteiger charge is 2.10. The van der Waals surface area contributed by atoms with Crippen LogP contribution in [0.3, 0.4) is 0 Å². The molecule has 19 heavy (non-hydrogen) atoms. The molecule has 4 heteroatoms. The van der Waals surface area contributed by atoms with Crippen molar-refractivity contribution in [2.45, 2.75) is 13.3 Å². The zero-order valence-electron chi connectivity index (χ0n) is 10.7. The van der Waals surface area contributed by atoms with Crippen molar-refractivity contribution in [2.24, 2.45) is 0 Å². The van der Waals surface area contributed by atoms with E-state index < -0.39 is 5.97 Å². The van der Waals surface area contributed by atoms with Crippen LogP contribution in [0.5, 0.6) is 5.75 Å². The maximum atomic E-state index is 11.0. The zero-order valence-corrected chi connectivity index (χ0v) is 10.7. The Hall–Kier alpha value is -2.36. The molecule has 0 saturated carbocycles. The number of nitrogens with zero attached hydrogens (tertiary/aromatic N) is 1. The topological polar surface area (TPSA) is 59.4 Å². The van der Waals surface area contributed by atoms with Gasteiger partial charge in [-0.05, 0) is 36.8 Å². The first-order valence-electron chi connectivity index (χ1n) is 6.03. The molecule has 0 aliphatic rings. The third-order valence-electron chi connectivity index (χ3n) is 2.91. The number of hydrogen-bond acceptors (Lipinski definition) is 3. The first-order valence-corrected chi connectivity index (χ1v) is 6.03. The molecular weight excluding hydrogens is 242 g/mol. The van der Waals surface area contributed by atoms with Crippen molar-refractivity contribution in [2.75, 3.05) is 6.61 Å². The van der Waals surface area contributed by atoms with E-state index >= 15 is 0 Å². The number of pyridine rings is 1. The predicted molar refractivity (Wildman–Crippen MR) is 71.6 cm³/mol. The first kappa shape index (κ1) is 13.1. The van der Waals surface area contributed by atoms with Crippen molar-refractivity contribution in [3.8, 4) is 5.75 Å². The number of carboxylic acid groups (broad SMARTS) is 1. The number of carbonyl (C=O) groups is 1. The van der Waals surface area contributed by atoms with Crippen molar-refractivity contribution < 1.29 is 14.6 Å². The van der Waals surface area contributed by atoms with E-state index in [1.807, 2.05) is 12.1 Å². The largest absolute Gasteiger partial charge is 0.493 e. The summed E-state index contributed by atoms with van der Waals surface area (Å²) in [4.78, 5) is 15.0. The highest BCUT2D eigenvalue weighted by atomic mass is 16.5. The minimum atomic E-state index is -0.933. The summed E-state index contributed by atoms with van der Waals surface area (Å²) < 4.78 is 5.65. The predicted octanol–water partition coefficient (Wildman–Crippen LogP) is 2.71. The summed E-state index contributed by atoms with van der Waals surface area (Å²) in [6.45, 7) is 2.26. The fourth-order valence-corrected chi connectivity index (χ4v) is 1.83. The molecule has 0 fully saturated rings. The molecule has 2 aromatic rings. The van der Waals surface area contributed by atoms with Crippen LogP contribution in [0.4, 0.5) is 0 Å². The standard InChI is InChI=1S/C15H15NO3/c1-11-13(15(17)18)3-2-4-14(11)19-10-7-12-5-8-16-9-6-12/h2-6,8-9H,7,10H2,1H3,(H,17,18). The Morgan fingerprint density at radius 2 is 2.00 bits per heavy atom. The highest BCUT2D eigenvalue weighted by molar-refractivity contribution is 5.90. The van der Waals surface area contributed by atoms with Crippen molar-refractivity contribution in [1.82, 2.24) is 4.98 Å². The van der Waals surface area contributed by atoms with Crippen LogP contribution < -0.4 is 4.74 Å². The molecule has 0 aliphatic heterocycles. The van der Waals surface area contributed by atoms with Gasteiger partial charge in [0, 0.05) is 24.4 Å². The van der Waals surface area contributed by atoms with Crippen LogP contribution in [0.25, 0.3) is 0 Å². The smallest absolute Gasteiger partial charge is 0.336 e. The van der Waals surface area contributed by atoms with Crippen LogP contribution >= 0.6 is 0 Å². The number of rotatable bonds is 5. The number of benzene rings is 1. The van der Waals surface area contributed by atoms with Gasteiger partial charge < -0.3 is 9.84 Å². The third-order valence-corrected chi connectivity index (χ3v) is 2.91. The van der Waals surface area contributed by atoms with Crippen LogP contribution in [0.1, 0.15) is 21.5 Å². The van der Waals surface area contributed by atoms with E-state index in [2.05, 4.69) is 4.98 Å². The summed E-state index contributed by atoms with van der Waals surface area (Å²) in [5.41, 5.74) is 2.08. The van der Waals surface area contributed by atoms with Gasteiger partial charge >= 0.3 is 5.97 Å².